The number of nitrogens with zero attached hydrogens (tertiary/aromatic N) is 1. The quantitative estimate of drug-likeness (QED) is 0.623. The lowest BCUT2D eigenvalue weighted by Gasteiger charge is -2.06. The van der Waals surface area contributed by atoms with E-state index in [-0.39, 0.29) is 22.8 Å². The lowest BCUT2D eigenvalue weighted by Crippen LogP contribution is -2.17. The molecule has 0 saturated heterocycles. The van der Waals surface area contributed by atoms with Crippen LogP contribution in [0.1, 0.15) is 6.42 Å². The van der Waals surface area contributed by atoms with Crippen LogP contribution < -0.4 is 5.32 Å². The molecule has 1 amide bonds. The fourth-order valence-corrected chi connectivity index (χ4v) is 3.24. The molecule has 0 fully saturated rings. The van der Waals surface area contributed by atoms with E-state index >= 15 is 0 Å². The molecule has 0 aromatic heterocycles. The number of amides is 1. The number of carbonyl (C=O) groups excluding carboxylic acids is 1. The van der Waals surface area contributed by atoms with E-state index in [1.165, 1.54) is 48.5 Å². The standard InChI is InChI=1S/C15H13ClN2O5S/c16-11-1-7-14(8-2-11)24(22,23)10-9-15(19)17-12-3-5-13(6-4-12)18(20)21/h1-8H,9-10H2,(H,17,19). The minimum absolute atomic E-state index is 0.0926. The van der Waals surface area contributed by atoms with Gasteiger partial charge in [0.15, 0.2) is 9.84 Å². The minimum Gasteiger partial charge on any atom is -0.326 e. The first-order valence-electron chi connectivity index (χ1n) is 6.80. The molecule has 2 aromatic rings. The number of hydrogen-bond donors (Lipinski definition) is 1. The van der Waals surface area contributed by atoms with Gasteiger partial charge in [0.25, 0.3) is 5.69 Å². The monoisotopic (exact) mass is 368 g/mol. The molecular weight excluding hydrogens is 356 g/mol. The van der Waals surface area contributed by atoms with Crippen LogP contribution in [0.15, 0.2) is 53.4 Å². The Bertz CT molecular complexity index is 848. The first-order valence-corrected chi connectivity index (χ1v) is 8.83. The Balaban J connectivity index is 1.95. The molecule has 0 spiro atoms. The molecule has 7 nitrogen and oxygen atoms in total. The Morgan fingerprint density at radius 2 is 1.67 bits per heavy atom. The molecule has 0 heterocycles. The second-order valence-electron chi connectivity index (χ2n) is 4.87. The minimum atomic E-state index is -3.59. The molecule has 0 unspecified atom stereocenters. The highest BCUT2D eigenvalue weighted by molar-refractivity contribution is 7.91. The molecule has 24 heavy (non-hydrogen) atoms. The zero-order valence-electron chi connectivity index (χ0n) is 12.3. The van der Waals surface area contributed by atoms with Gasteiger partial charge in [-0.2, -0.15) is 0 Å². The molecule has 0 aliphatic rings. The molecule has 2 aromatic carbocycles. The molecule has 2 rings (SSSR count). The van der Waals surface area contributed by atoms with E-state index < -0.39 is 20.7 Å². The van der Waals surface area contributed by atoms with Crippen LogP contribution >= 0.6 is 11.6 Å². The van der Waals surface area contributed by atoms with Crippen LogP contribution in [0.3, 0.4) is 0 Å². The summed E-state index contributed by atoms with van der Waals surface area (Å²) in [6.07, 6.45) is -0.234. The van der Waals surface area contributed by atoms with E-state index in [1.807, 2.05) is 0 Å². The molecule has 126 valence electrons. The van der Waals surface area contributed by atoms with E-state index in [4.69, 9.17) is 11.6 Å². The average Bonchev–Trinajstić information content (AvgIpc) is 2.54. The van der Waals surface area contributed by atoms with Crippen LogP contribution in [-0.4, -0.2) is 25.0 Å². The van der Waals surface area contributed by atoms with Gasteiger partial charge < -0.3 is 5.32 Å². The third-order valence-electron chi connectivity index (χ3n) is 3.13. The van der Waals surface area contributed by atoms with Gasteiger partial charge in [-0.25, -0.2) is 8.42 Å². The zero-order valence-corrected chi connectivity index (χ0v) is 13.9. The molecular formula is C15H13ClN2O5S. The third-order valence-corrected chi connectivity index (χ3v) is 5.12. The first kappa shape index (κ1) is 17.9. The molecule has 0 saturated carbocycles. The summed E-state index contributed by atoms with van der Waals surface area (Å²) in [7, 11) is -3.59. The summed E-state index contributed by atoms with van der Waals surface area (Å²) in [6, 6.07) is 10.9. The number of halogens is 1. The van der Waals surface area contributed by atoms with Crippen molar-refractivity contribution in [3.63, 3.8) is 0 Å². The number of nitrogens with one attached hydrogen (secondary N) is 1. The van der Waals surface area contributed by atoms with Crippen LogP contribution in [0, 0.1) is 10.1 Å². The summed E-state index contributed by atoms with van der Waals surface area (Å²) in [5.41, 5.74) is 0.257. The van der Waals surface area contributed by atoms with Crippen molar-refractivity contribution in [3.8, 4) is 0 Å². The average molecular weight is 369 g/mol. The fourth-order valence-electron chi connectivity index (χ4n) is 1.88. The van der Waals surface area contributed by atoms with Crippen molar-refractivity contribution in [2.75, 3.05) is 11.1 Å². The molecule has 0 atom stereocenters. The Morgan fingerprint density at radius 1 is 1.08 bits per heavy atom. The van der Waals surface area contributed by atoms with Gasteiger partial charge in [0.2, 0.25) is 5.91 Å². The lowest BCUT2D eigenvalue weighted by atomic mass is 10.3. The van der Waals surface area contributed by atoms with Crippen molar-refractivity contribution >= 4 is 38.7 Å². The number of anilines is 1. The third kappa shape index (κ3) is 4.77. The highest BCUT2D eigenvalue weighted by atomic mass is 35.5. The normalized spacial score (nSPS) is 11.0. The van der Waals surface area contributed by atoms with Gasteiger partial charge >= 0.3 is 0 Å². The Morgan fingerprint density at radius 3 is 2.21 bits per heavy atom. The van der Waals surface area contributed by atoms with Crippen LogP contribution in [0.2, 0.25) is 5.02 Å². The van der Waals surface area contributed by atoms with Crippen molar-refractivity contribution in [3.05, 3.63) is 63.7 Å². The van der Waals surface area contributed by atoms with Crippen molar-refractivity contribution in [2.45, 2.75) is 11.3 Å². The predicted octanol–water partition coefficient (Wildman–Crippen LogP) is 3.05. The van der Waals surface area contributed by atoms with Gasteiger partial charge in [-0.1, -0.05) is 11.6 Å². The number of nitro groups is 1. The Labute approximate surface area is 143 Å². The second-order valence-corrected chi connectivity index (χ2v) is 7.42. The summed E-state index contributed by atoms with van der Waals surface area (Å²) >= 11 is 5.71. The maximum absolute atomic E-state index is 12.1. The highest BCUT2D eigenvalue weighted by Crippen LogP contribution is 2.17. The molecule has 0 aliphatic heterocycles. The maximum Gasteiger partial charge on any atom is 0.269 e. The molecule has 1 N–H and O–H groups in total. The number of nitro benzene ring substituents is 1. The number of rotatable bonds is 6. The summed E-state index contributed by atoms with van der Waals surface area (Å²) < 4.78 is 24.2. The fraction of sp³-hybridized carbons (Fsp3) is 0.133. The SMILES string of the molecule is O=C(CCS(=O)(=O)c1ccc(Cl)cc1)Nc1ccc([N+](=O)[O-])cc1. The van der Waals surface area contributed by atoms with Crippen molar-refractivity contribution in [1.82, 2.24) is 0 Å². The predicted molar refractivity (Wildman–Crippen MR) is 89.8 cm³/mol. The van der Waals surface area contributed by atoms with Gasteiger partial charge in [-0.15, -0.1) is 0 Å². The number of non-ortho nitro benzene ring substituents is 1. The summed E-state index contributed by atoms with van der Waals surface area (Å²) in [6.45, 7) is 0. The highest BCUT2D eigenvalue weighted by Gasteiger charge is 2.16. The van der Waals surface area contributed by atoms with E-state index in [9.17, 15) is 23.3 Å². The van der Waals surface area contributed by atoms with Gasteiger partial charge in [-0.05, 0) is 36.4 Å². The summed E-state index contributed by atoms with van der Waals surface area (Å²) in [5, 5.41) is 13.5. The first-order chi connectivity index (χ1) is 11.3. The van der Waals surface area contributed by atoms with E-state index in [0.717, 1.165) is 0 Å². The maximum atomic E-state index is 12.1. The number of sulfone groups is 1. The van der Waals surface area contributed by atoms with Crippen molar-refractivity contribution in [2.24, 2.45) is 0 Å². The van der Waals surface area contributed by atoms with Crippen LogP contribution in [0.4, 0.5) is 11.4 Å². The smallest absolute Gasteiger partial charge is 0.269 e. The molecule has 0 bridgehead atoms. The molecule has 0 aliphatic carbocycles. The Kier molecular flexibility index (Phi) is 5.53. The number of benzene rings is 2. The van der Waals surface area contributed by atoms with Crippen LogP contribution in [0.25, 0.3) is 0 Å². The van der Waals surface area contributed by atoms with Crippen LogP contribution in [0.5, 0.6) is 0 Å². The zero-order chi connectivity index (χ0) is 17.7. The number of carbonyl (C=O) groups is 1. The van der Waals surface area contributed by atoms with Crippen LogP contribution in [-0.2, 0) is 14.6 Å². The molecule has 9 heteroatoms. The largest absolute Gasteiger partial charge is 0.326 e. The van der Waals surface area contributed by atoms with Crippen molar-refractivity contribution in [1.29, 1.82) is 0 Å². The number of hydrogen-bond acceptors (Lipinski definition) is 5. The van der Waals surface area contributed by atoms with Gasteiger partial charge in [0, 0.05) is 29.3 Å². The van der Waals surface area contributed by atoms with E-state index in [0.29, 0.717) is 10.7 Å². The lowest BCUT2D eigenvalue weighted by molar-refractivity contribution is -0.384. The van der Waals surface area contributed by atoms with Gasteiger partial charge in [-0.3, -0.25) is 14.9 Å². The van der Waals surface area contributed by atoms with Gasteiger partial charge in [0.1, 0.15) is 0 Å². The van der Waals surface area contributed by atoms with E-state index in [1.54, 1.807) is 0 Å². The van der Waals surface area contributed by atoms with Gasteiger partial charge in [0.05, 0.1) is 15.6 Å². The topological polar surface area (TPSA) is 106 Å². The summed E-state index contributed by atoms with van der Waals surface area (Å²) in [4.78, 5) is 21.9. The molecule has 0 radical (unpaired) electrons. The van der Waals surface area contributed by atoms with E-state index in [2.05, 4.69) is 5.32 Å². The Hall–Kier alpha value is -2.45. The van der Waals surface area contributed by atoms with Crippen molar-refractivity contribution < 1.29 is 18.1 Å². The second kappa shape index (κ2) is 7.41. The summed E-state index contributed by atoms with van der Waals surface area (Å²) in [5.74, 6) is -0.852.